The number of fused-ring (bicyclic) bond motifs is 2. The zero-order valence-electron chi connectivity index (χ0n) is 15.8. The smallest absolute Gasteiger partial charge is 0.258 e. The maximum atomic E-state index is 10.5. The van der Waals surface area contributed by atoms with E-state index in [1.807, 2.05) is 47.7 Å². The van der Waals surface area contributed by atoms with Gasteiger partial charge >= 0.3 is 0 Å². The number of aliphatic hydroxyl groups excluding tert-OH is 1. The molecule has 0 radical (unpaired) electrons. The molecule has 148 valence electrons. The van der Waals surface area contributed by atoms with E-state index in [1.54, 1.807) is 6.20 Å². The first-order chi connectivity index (χ1) is 14.3. The van der Waals surface area contributed by atoms with Gasteiger partial charge < -0.3 is 14.4 Å². The highest BCUT2D eigenvalue weighted by atomic mass is 32.1. The van der Waals surface area contributed by atoms with Gasteiger partial charge in [-0.15, -0.1) is 11.3 Å². The van der Waals surface area contributed by atoms with E-state index in [0.29, 0.717) is 18.0 Å². The lowest BCUT2D eigenvalue weighted by Crippen LogP contribution is -2.38. The molecule has 5 rings (SSSR count). The van der Waals surface area contributed by atoms with Crippen molar-refractivity contribution in [1.82, 2.24) is 15.0 Å². The van der Waals surface area contributed by atoms with Crippen LogP contribution in [0.25, 0.3) is 22.4 Å². The van der Waals surface area contributed by atoms with E-state index in [2.05, 4.69) is 26.5 Å². The van der Waals surface area contributed by atoms with Gasteiger partial charge in [0, 0.05) is 36.3 Å². The van der Waals surface area contributed by atoms with Gasteiger partial charge in [0.25, 0.3) is 5.71 Å². The molecule has 1 aromatic carbocycles. The summed E-state index contributed by atoms with van der Waals surface area (Å²) in [6, 6.07) is 13.6. The Morgan fingerprint density at radius 1 is 1.24 bits per heavy atom. The molecule has 4 aromatic rings. The number of hydrogen-bond donors (Lipinski definition) is 1. The first-order valence-corrected chi connectivity index (χ1v) is 10.5. The summed E-state index contributed by atoms with van der Waals surface area (Å²) < 4.78 is 11.2. The zero-order valence-corrected chi connectivity index (χ0v) is 16.6. The second-order valence-corrected chi connectivity index (χ2v) is 8.23. The fraction of sp³-hybridized carbons (Fsp3) is 0.273. The van der Waals surface area contributed by atoms with E-state index in [1.165, 1.54) is 10.4 Å². The van der Waals surface area contributed by atoms with Gasteiger partial charge in [0.2, 0.25) is 0 Å². The number of β-amino-alcohol motifs (C(OH)–C–C–N with tert-alkyl or cyclic N) is 1. The molecule has 0 spiro atoms. The van der Waals surface area contributed by atoms with Gasteiger partial charge in [0.15, 0.2) is 0 Å². The Morgan fingerprint density at radius 2 is 2.21 bits per heavy atom. The largest absolute Gasteiger partial charge is 0.491 e. The molecule has 3 aromatic heterocycles. The highest BCUT2D eigenvalue weighted by molar-refractivity contribution is 7.10. The van der Waals surface area contributed by atoms with E-state index in [-0.39, 0.29) is 6.61 Å². The van der Waals surface area contributed by atoms with Crippen molar-refractivity contribution in [3.63, 3.8) is 0 Å². The topological polar surface area (TPSA) is 71.6 Å². The van der Waals surface area contributed by atoms with Gasteiger partial charge in [0.05, 0.1) is 5.39 Å². The third kappa shape index (κ3) is 3.89. The summed E-state index contributed by atoms with van der Waals surface area (Å²) in [6.45, 7) is 2.73. The van der Waals surface area contributed by atoms with E-state index in [9.17, 15) is 5.11 Å². The maximum Gasteiger partial charge on any atom is 0.258 e. The van der Waals surface area contributed by atoms with Crippen LogP contribution < -0.4 is 4.74 Å². The summed E-state index contributed by atoms with van der Waals surface area (Å²) in [5.41, 5.74) is 3.53. The summed E-state index contributed by atoms with van der Waals surface area (Å²) in [4.78, 5) is 7.94. The van der Waals surface area contributed by atoms with Crippen LogP contribution in [0.1, 0.15) is 10.4 Å². The highest BCUT2D eigenvalue weighted by Gasteiger charge is 2.20. The Kier molecular flexibility index (Phi) is 5.01. The average molecular weight is 407 g/mol. The van der Waals surface area contributed by atoms with Crippen LogP contribution in [0.4, 0.5) is 0 Å². The van der Waals surface area contributed by atoms with Crippen LogP contribution >= 0.6 is 11.3 Å². The summed E-state index contributed by atoms with van der Waals surface area (Å²) in [6.07, 6.45) is 2.19. The molecule has 6 nitrogen and oxygen atoms in total. The van der Waals surface area contributed by atoms with Crippen molar-refractivity contribution in [3.05, 3.63) is 64.5 Å². The normalized spacial score (nSPS) is 15.3. The van der Waals surface area contributed by atoms with Gasteiger partial charge in [-0.1, -0.05) is 17.3 Å². The van der Waals surface area contributed by atoms with Crippen LogP contribution in [-0.4, -0.2) is 45.9 Å². The van der Waals surface area contributed by atoms with Crippen molar-refractivity contribution in [3.8, 4) is 17.0 Å². The molecule has 29 heavy (non-hydrogen) atoms. The molecule has 1 N–H and O–H groups in total. The molecule has 1 atom stereocenters. The molecule has 1 aliphatic heterocycles. The van der Waals surface area contributed by atoms with Gasteiger partial charge in [-0.05, 0) is 47.7 Å². The number of hydrogen-bond acceptors (Lipinski definition) is 7. The molecule has 0 fully saturated rings. The van der Waals surface area contributed by atoms with Crippen LogP contribution in [0.3, 0.4) is 0 Å². The lowest BCUT2D eigenvalue weighted by Gasteiger charge is -2.28. The molecule has 0 aliphatic carbocycles. The Morgan fingerprint density at radius 3 is 3.17 bits per heavy atom. The summed E-state index contributed by atoms with van der Waals surface area (Å²) >= 11 is 1.82. The monoisotopic (exact) mass is 407 g/mol. The van der Waals surface area contributed by atoms with Gasteiger partial charge in [-0.3, -0.25) is 4.90 Å². The molecule has 4 heterocycles. The standard InChI is InChI=1S/C22H21N3O3S/c26-17(13-25-9-6-20-16(12-25)7-10-29-20)14-27-18-4-1-3-15(11-18)21-19-5-2-8-23-22(19)28-24-21/h1-5,7-8,10-11,17,26H,6,9,12-14H2/t17-/m1/s1. The third-order valence-corrected chi connectivity index (χ3v) is 6.18. The molecular weight excluding hydrogens is 386 g/mol. The minimum Gasteiger partial charge on any atom is -0.491 e. The van der Waals surface area contributed by atoms with Crippen LogP contribution in [0.5, 0.6) is 5.75 Å². The Balaban J connectivity index is 1.22. The Bertz CT molecular complexity index is 1120. The number of pyridine rings is 1. The summed E-state index contributed by atoms with van der Waals surface area (Å²) in [7, 11) is 0. The summed E-state index contributed by atoms with van der Waals surface area (Å²) in [5, 5.41) is 17.6. The molecule has 0 unspecified atom stereocenters. The predicted molar refractivity (Wildman–Crippen MR) is 112 cm³/mol. The van der Waals surface area contributed by atoms with Crippen molar-refractivity contribution in [2.75, 3.05) is 19.7 Å². The second kappa shape index (κ2) is 7.94. The van der Waals surface area contributed by atoms with E-state index in [4.69, 9.17) is 9.26 Å². The molecule has 1 aliphatic rings. The van der Waals surface area contributed by atoms with Crippen molar-refractivity contribution >= 4 is 22.4 Å². The van der Waals surface area contributed by atoms with Gasteiger partial charge in [0.1, 0.15) is 24.2 Å². The van der Waals surface area contributed by atoms with Crippen molar-refractivity contribution in [1.29, 1.82) is 0 Å². The minimum atomic E-state index is -0.545. The molecular formula is C22H21N3O3S. The zero-order chi connectivity index (χ0) is 19.6. The van der Waals surface area contributed by atoms with Crippen molar-refractivity contribution in [2.24, 2.45) is 0 Å². The minimum absolute atomic E-state index is 0.248. The molecule has 0 amide bonds. The van der Waals surface area contributed by atoms with Gasteiger partial charge in [-0.25, -0.2) is 4.98 Å². The van der Waals surface area contributed by atoms with Crippen molar-refractivity contribution < 1.29 is 14.4 Å². The number of benzene rings is 1. The molecule has 7 heteroatoms. The van der Waals surface area contributed by atoms with E-state index in [0.717, 1.165) is 36.2 Å². The van der Waals surface area contributed by atoms with Crippen molar-refractivity contribution in [2.45, 2.75) is 19.1 Å². The van der Waals surface area contributed by atoms with E-state index < -0.39 is 6.10 Å². The fourth-order valence-corrected chi connectivity index (χ4v) is 4.62. The Labute approximate surface area is 172 Å². The number of rotatable bonds is 6. The average Bonchev–Trinajstić information content (AvgIpc) is 3.39. The number of aliphatic hydroxyl groups is 1. The first-order valence-electron chi connectivity index (χ1n) is 9.65. The molecule has 0 saturated heterocycles. The van der Waals surface area contributed by atoms with Gasteiger partial charge in [-0.2, -0.15) is 0 Å². The SMILES string of the molecule is O[C@@H](COc1cccc(-c2noc3ncccc23)c1)CN1CCc2sccc2C1. The number of ether oxygens (including phenoxy) is 1. The second-order valence-electron chi connectivity index (χ2n) is 7.23. The Hall–Kier alpha value is -2.74. The lowest BCUT2D eigenvalue weighted by molar-refractivity contribution is 0.0640. The maximum absolute atomic E-state index is 10.5. The van der Waals surface area contributed by atoms with Crippen LogP contribution in [0.2, 0.25) is 0 Å². The van der Waals surface area contributed by atoms with Crippen LogP contribution in [0.15, 0.2) is 58.6 Å². The number of thiophene rings is 1. The number of nitrogens with zero attached hydrogens (tertiary/aromatic N) is 3. The van der Waals surface area contributed by atoms with Crippen LogP contribution in [-0.2, 0) is 13.0 Å². The quantitative estimate of drug-likeness (QED) is 0.525. The summed E-state index contributed by atoms with van der Waals surface area (Å²) in [5.74, 6) is 0.695. The van der Waals surface area contributed by atoms with E-state index >= 15 is 0 Å². The predicted octanol–water partition coefficient (Wildman–Crippen LogP) is 3.75. The fourth-order valence-electron chi connectivity index (χ4n) is 3.73. The highest BCUT2D eigenvalue weighted by Crippen LogP contribution is 2.29. The molecule has 0 saturated carbocycles. The molecule has 0 bridgehead atoms. The number of aromatic nitrogens is 2. The van der Waals surface area contributed by atoms with Crippen LogP contribution in [0, 0.1) is 0 Å². The third-order valence-electron chi connectivity index (χ3n) is 5.16. The first kappa shape index (κ1) is 18.3. The lowest BCUT2D eigenvalue weighted by atomic mass is 10.1.